The van der Waals surface area contributed by atoms with Crippen LogP contribution in [-0.4, -0.2) is 19.8 Å². The molecule has 0 saturated heterocycles. The molecule has 0 aromatic rings. The second-order valence-corrected chi connectivity index (χ2v) is 1.27. The first-order valence-corrected chi connectivity index (χ1v) is 2.59. The van der Waals surface area contributed by atoms with Crippen LogP contribution in [0.15, 0.2) is 0 Å². The van der Waals surface area contributed by atoms with Crippen LogP contribution >= 0.6 is 0 Å². The maximum atomic E-state index is 5.14. The Bertz CT molecular complexity index is 90.4. The SMILES string of the molecule is CC#CCOCCN. The van der Waals surface area contributed by atoms with Crippen LogP contribution in [-0.2, 0) is 4.74 Å². The van der Waals surface area contributed by atoms with E-state index >= 15 is 0 Å². The fourth-order valence-corrected chi connectivity index (χ4v) is 0.279. The summed E-state index contributed by atoms with van der Waals surface area (Å²) in [6, 6.07) is 0. The third kappa shape index (κ3) is 5.48. The van der Waals surface area contributed by atoms with Gasteiger partial charge in [0.1, 0.15) is 6.61 Å². The molecule has 0 aliphatic rings. The largest absolute Gasteiger partial charge is 0.367 e. The molecule has 0 saturated carbocycles. The van der Waals surface area contributed by atoms with Crippen molar-refractivity contribution in [2.24, 2.45) is 5.73 Å². The molecule has 0 atom stereocenters. The maximum absolute atomic E-state index is 5.14. The van der Waals surface area contributed by atoms with Crippen molar-refractivity contribution in [3.63, 3.8) is 0 Å². The Morgan fingerprint density at radius 3 is 2.88 bits per heavy atom. The Kier molecular flexibility index (Phi) is 6.06. The number of rotatable bonds is 3. The van der Waals surface area contributed by atoms with Gasteiger partial charge in [0.25, 0.3) is 0 Å². The topological polar surface area (TPSA) is 35.2 Å². The van der Waals surface area contributed by atoms with Crippen molar-refractivity contribution < 1.29 is 4.74 Å². The first-order valence-electron chi connectivity index (χ1n) is 2.59. The van der Waals surface area contributed by atoms with Crippen molar-refractivity contribution in [2.75, 3.05) is 19.8 Å². The van der Waals surface area contributed by atoms with Crippen LogP contribution in [0.5, 0.6) is 0 Å². The van der Waals surface area contributed by atoms with Gasteiger partial charge in [0.15, 0.2) is 0 Å². The molecule has 8 heavy (non-hydrogen) atoms. The Morgan fingerprint density at radius 1 is 1.62 bits per heavy atom. The van der Waals surface area contributed by atoms with Crippen LogP contribution in [0.25, 0.3) is 0 Å². The summed E-state index contributed by atoms with van der Waals surface area (Å²) in [6.07, 6.45) is 0. The molecule has 0 fully saturated rings. The molecule has 0 spiro atoms. The van der Waals surface area contributed by atoms with E-state index in [-0.39, 0.29) is 0 Å². The molecule has 0 aromatic heterocycles. The minimum Gasteiger partial charge on any atom is -0.367 e. The van der Waals surface area contributed by atoms with Gasteiger partial charge in [-0.05, 0) is 6.92 Å². The third-order valence-corrected chi connectivity index (χ3v) is 0.613. The monoisotopic (exact) mass is 113 g/mol. The summed E-state index contributed by atoms with van der Waals surface area (Å²) in [5.41, 5.74) is 5.14. The molecular formula is C6H11NO. The predicted octanol–water partition coefficient (Wildman–Crippen LogP) is -0.0150. The average Bonchev–Trinajstić information content (AvgIpc) is 1.81. The molecule has 0 rings (SSSR count). The lowest BCUT2D eigenvalue weighted by molar-refractivity contribution is 0.175. The zero-order valence-electron chi connectivity index (χ0n) is 5.11. The second kappa shape index (κ2) is 6.48. The summed E-state index contributed by atoms with van der Waals surface area (Å²) in [7, 11) is 0. The van der Waals surface area contributed by atoms with E-state index in [1.165, 1.54) is 0 Å². The lowest BCUT2D eigenvalue weighted by atomic mass is 10.6. The van der Waals surface area contributed by atoms with Gasteiger partial charge >= 0.3 is 0 Å². The molecule has 0 unspecified atom stereocenters. The molecule has 2 heteroatoms. The molecule has 0 aliphatic heterocycles. The molecule has 0 radical (unpaired) electrons. The van der Waals surface area contributed by atoms with Crippen molar-refractivity contribution >= 4 is 0 Å². The summed E-state index contributed by atoms with van der Waals surface area (Å²) in [5.74, 6) is 5.47. The van der Waals surface area contributed by atoms with Gasteiger partial charge in [-0.1, -0.05) is 5.92 Å². The number of nitrogens with two attached hydrogens (primary N) is 1. The lowest BCUT2D eigenvalue weighted by Gasteiger charge is -1.91. The highest BCUT2D eigenvalue weighted by molar-refractivity contribution is 4.94. The van der Waals surface area contributed by atoms with Crippen LogP contribution in [0.2, 0.25) is 0 Å². The molecular weight excluding hydrogens is 102 g/mol. The van der Waals surface area contributed by atoms with Crippen molar-refractivity contribution in [1.82, 2.24) is 0 Å². The number of hydrogen-bond donors (Lipinski definition) is 1. The zero-order valence-corrected chi connectivity index (χ0v) is 5.11. The van der Waals surface area contributed by atoms with Crippen molar-refractivity contribution in [1.29, 1.82) is 0 Å². The Hall–Kier alpha value is -0.520. The molecule has 0 amide bonds. The molecule has 0 aliphatic carbocycles. The minimum absolute atomic E-state index is 0.508. The van der Waals surface area contributed by atoms with Gasteiger partial charge in [-0.3, -0.25) is 0 Å². The van der Waals surface area contributed by atoms with E-state index in [4.69, 9.17) is 10.5 Å². The Labute approximate surface area is 50.0 Å². The van der Waals surface area contributed by atoms with Crippen LogP contribution in [0, 0.1) is 11.8 Å². The first kappa shape index (κ1) is 7.48. The van der Waals surface area contributed by atoms with Gasteiger partial charge in [0.2, 0.25) is 0 Å². The van der Waals surface area contributed by atoms with Crippen LogP contribution in [0.3, 0.4) is 0 Å². The van der Waals surface area contributed by atoms with Gasteiger partial charge in [-0.15, -0.1) is 5.92 Å². The smallest absolute Gasteiger partial charge is 0.107 e. The van der Waals surface area contributed by atoms with E-state index in [2.05, 4.69) is 11.8 Å². The molecule has 46 valence electrons. The zero-order chi connectivity index (χ0) is 6.24. The van der Waals surface area contributed by atoms with Crippen molar-refractivity contribution in [3.05, 3.63) is 0 Å². The quantitative estimate of drug-likeness (QED) is 0.412. The molecule has 2 nitrogen and oxygen atoms in total. The van der Waals surface area contributed by atoms with Crippen LogP contribution in [0.4, 0.5) is 0 Å². The maximum Gasteiger partial charge on any atom is 0.107 e. The van der Waals surface area contributed by atoms with Gasteiger partial charge < -0.3 is 10.5 Å². The van der Waals surface area contributed by atoms with E-state index in [9.17, 15) is 0 Å². The summed E-state index contributed by atoms with van der Waals surface area (Å²) in [5, 5.41) is 0. The fourth-order valence-electron chi connectivity index (χ4n) is 0.279. The number of hydrogen-bond acceptors (Lipinski definition) is 2. The average molecular weight is 113 g/mol. The van der Waals surface area contributed by atoms with E-state index in [0.717, 1.165) is 0 Å². The van der Waals surface area contributed by atoms with Gasteiger partial charge in [0, 0.05) is 6.54 Å². The molecule has 2 N–H and O–H groups in total. The first-order chi connectivity index (χ1) is 3.91. The van der Waals surface area contributed by atoms with E-state index in [0.29, 0.717) is 19.8 Å². The van der Waals surface area contributed by atoms with Gasteiger partial charge in [-0.2, -0.15) is 0 Å². The molecule has 0 bridgehead atoms. The third-order valence-electron chi connectivity index (χ3n) is 0.613. The summed E-state index contributed by atoms with van der Waals surface area (Å²) in [6.45, 7) is 3.47. The Balaban J connectivity index is 2.79. The van der Waals surface area contributed by atoms with Crippen LogP contribution < -0.4 is 5.73 Å². The van der Waals surface area contributed by atoms with E-state index in [1.807, 2.05) is 0 Å². The summed E-state index contributed by atoms with van der Waals surface area (Å²) >= 11 is 0. The normalized spacial score (nSPS) is 7.75. The van der Waals surface area contributed by atoms with E-state index < -0.39 is 0 Å². The van der Waals surface area contributed by atoms with Crippen LogP contribution in [0.1, 0.15) is 6.92 Å². The van der Waals surface area contributed by atoms with Gasteiger partial charge in [0.05, 0.1) is 6.61 Å². The fraction of sp³-hybridized carbons (Fsp3) is 0.667. The molecule has 0 aromatic carbocycles. The van der Waals surface area contributed by atoms with Crippen molar-refractivity contribution in [3.8, 4) is 11.8 Å². The van der Waals surface area contributed by atoms with Gasteiger partial charge in [-0.25, -0.2) is 0 Å². The van der Waals surface area contributed by atoms with Crippen molar-refractivity contribution in [2.45, 2.75) is 6.92 Å². The lowest BCUT2D eigenvalue weighted by Crippen LogP contribution is -2.08. The Morgan fingerprint density at radius 2 is 2.38 bits per heavy atom. The number of ether oxygens (including phenoxy) is 1. The highest BCUT2D eigenvalue weighted by Gasteiger charge is 1.75. The molecule has 0 heterocycles. The highest BCUT2D eigenvalue weighted by Crippen LogP contribution is 1.67. The highest BCUT2D eigenvalue weighted by atomic mass is 16.5. The predicted molar refractivity (Wildman–Crippen MR) is 33.3 cm³/mol. The minimum atomic E-state index is 0.508. The van der Waals surface area contributed by atoms with E-state index in [1.54, 1.807) is 6.92 Å². The summed E-state index contributed by atoms with van der Waals surface area (Å²) < 4.78 is 4.92. The standard InChI is InChI=1S/C6H11NO/c1-2-3-5-8-6-4-7/h4-7H2,1H3. The second-order valence-electron chi connectivity index (χ2n) is 1.27. The summed E-state index contributed by atoms with van der Waals surface area (Å²) in [4.78, 5) is 0.